The maximum atomic E-state index is 6.01. The van der Waals surface area contributed by atoms with Crippen molar-refractivity contribution in [2.75, 3.05) is 14.2 Å². The second-order valence-electron chi connectivity index (χ2n) is 7.26. The van der Waals surface area contributed by atoms with Gasteiger partial charge in [-0.15, -0.1) is 5.10 Å². The van der Waals surface area contributed by atoms with Crippen LogP contribution in [-0.4, -0.2) is 33.4 Å². The third-order valence-electron chi connectivity index (χ3n) is 4.94. The summed E-state index contributed by atoms with van der Waals surface area (Å²) in [5.41, 5.74) is 3.02. The van der Waals surface area contributed by atoms with Crippen molar-refractivity contribution in [3.63, 3.8) is 0 Å². The molecular weight excluding hydrogens is 428 g/mol. The first-order valence-electron chi connectivity index (χ1n) is 9.88. The lowest BCUT2D eigenvalue weighted by molar-refractivity contribution is 0.244. The molecule has 158 valence electrons. The van der Waals surface area contributed by atoms with E-state index in [0.29, 0.717) is 11.4 Å². The van der Waals surface area contributed by atoms with Crippen LogP contribution in [-0.2, 0) is 13.2 Å². The SMILES string of the molecule is COc1ccccc1-c1nn(CN(C)Cc2ccc(Cl)cc2)c(=S)n1-c1ccccc1. The number of hydrogen-bond acceptors (Lipinski definition) is 4. The van der Waals surface area contributed by atoms with Gasteiger partial charge in [0.15, 0.2) is 5.82 Å². The summed E-state index contributed by atoms with van der Waals surface area (Å²) in [7, 11) is 3.71. The highest BCUT2D eigenvalue weighted by atomic mass is 35.5. The van der Waals surface area contributed by atoms with Crippen LogP contribution in [0.5, 0.6) is 5.75 Å². The van der Waals surface area contributed by atoms with Crippen molar-refractivity contribution in [3.8, 4) is 22.8 Å². The molecule has 1 heterocycles. The second kappa shape index (κ2) is 9.47. The van der Waals surface area contributed by atoms with Gasteiger partial charge in [-0.3, -0.25) is 9.47 Å². The van der Waals surface area contributed by atoms with E-state index in [1.54, 1.807) is 7.11 Å². The predicted molar refractivity (Wildman–Crippen MR) is 127 cm³/mol. The Balaban J connectivity index is 1.73. The second-order valence-corrected chi connectivity index (χ2v) is 8.06. The summed E-state index contributed by atoms with van der Waals surface area (Å²) in [5, 5.41) is 5.63. The Bertz CT molecular complexity index is 1220. The highest BCUT2D eigenvalue weighted by Gasteiger charge is 2.18. The van der Waals surface area contributed by atoms with Crippen molar-refractivity contribution in [1.82, 2.24) is 19.2 Å². The summed E-state index contributed by atoms with van der Waals surface area (Å²) in [6, 6.07) is 25.7. The van der Waals surface area contributed by atoms with Crippen LogP contribution in [0.15, 0.2) is 78.9 Å². The topological polar surface area (TPSA) is 35.2 Å². The molecule has 1 aromatic heterocycles. The zero-order valence-corrected chi connectivity index (χ0v) is 19.0. The van der Waals surface area contributed by atoms with Crippen molar-refractivity contribution in [3.05, 3.63) is 94.2 Å². The van der Waals surface area contributed by atoms with Gasteiger partial charge >= 0.3 is 0 Å². The van der Waals surface area contributed by atoms with Gasteiger partial charge in [-0.05, 0) is 61.2 Å². The number of rotatable bonds is 7. The molecular formula is C24H23ClN4OS. The molecule has 5 nitrogen and oxygen atoms in total. The summed E-state index contributed by atoms with van der Waals surface area (Å²) in [4.78, 5) is 2.16. The monoisotopic (exact) mass is 450 g/mol. The minimum Gasteiger partial charge on any atom is -0.496 e. The van der Waals surface area contributed by atoms with Gasteiger partial charge < -0.3 is 4.74 Å². The molecule has 0 saturated heterocycles. The Morgan fingerprint density at radius 1 is 0.968 bits per heavy atom. The minimum atomic E-state index is 0.545. The summed E-state index contributed by atoms with van der Waals surface area (Å²) >= 11 is 11.9. The van der Waals surface area contributed by atoms with E-state index in [-0.39, 0.29) is 0 Å². The number of aromatic nitrogens is 3. The zero-order valence-electron chi connectivity index (χ0n) is 17.4. The molecule has 4 aromatic rings. The normalized spacial score (nSPS) is 11.1. The standard InChI is InChI=1S/C24H23ClN4OS/c1-27(16-18-12-14-19(25)15-13-18)17-28-24(31)29(20-8-4-3-5-9-20)23(26-28)21-10-6-7-11-22(21)30-2/h3-15H,16-17H2,1-2H3. The van der Waals surface area contributed by atoms with Crippen LogP contribution < -0.4 is 4.74 Å². The Hall–Kier alpha value is -2.93. The molecule has 0 bridgehead atoms. The Morgan fingerprint density at radius 2 is 1.65 bits per heavy atom. The van der Waals surface area contributed by atoms with Crippen LogP contribution in [0, 0.1) is 4.77 Å². The van der Waals surface area contributed by atoms with Crippen molar-refractivity contribution in [2.24, 2.45) is 0 Å². The van der Waals surface area contributed by atoms with E-state index in [9.17, 15) is 0 Å². The number of para-hydroxylation sites is 2. The van der Waals surface area contributed by atoms with E-state index in [2.05, 4.69) is 4.90 Å². The molecule has 0 fully saturated rings. The molecule has 0 aliphatic carbocycles. The van der Waals surface area contributed by atoms with Crippen LogP contribution in [0.4, 0.5) is 0 Å². The minimum absolute atomic E-state index is 0.545. The molecule has 0 radical (unpaired) electrons. The van der Waals surface area contributed by atoms with E-state index in [1.165, 1.54) is 5.56 Å². The highest BCUT2D eigenvalue weighted by Crippen LogP contribution is 2.30. The third kappa shape index (κ3) is 4.71. The first-order chi connectivity index (χ1) is 15.1. The van der Waals surface area contributed by atoms with E-state index in [1.807, 2.05) is 95.2 Å². The molecule has 0 amide bonds. The number of halogens is 1. The van der Waals surface area contributed by atoms with Gasteiger partial charge in [0.1, 0.15) is 5.75 Å². The average molecular weight is 451 g/mol. The molecule has 7 heteroatoms. The predicted octanol–water partition coefficient (Wildman–Crippen LogP) is 5.82. The molecule has 31 heavy (non-hydrogen) atoms. The Morgan fingerprint density at radius 3 is 2.35 bits per heavy atom. The average Bonchev–Trinajstić information content (AvgIpc) is 3.11. The molecule has 0 saturated carbocycles. The zero-order chi connectivity index (χ0) is 21.8. The summed E-state index contributed by atoms with van der Waals surface area (Å²) in [6.07, 6.45) is 0. The lowest BCUT2D eigenvalue weighted by Crippen LogP contribution is -2.22. The smallest absolute Gasteiger partial charge is 0.204 e. The number of nitrogens with zero attached hydrogens (tertiary/aromatic N) is 4. The lowest BCUT2D eigenvalue weighted by atomic mass is 10.2. The molecule has 4 rings (SSSR count). The number of ether oxygens (including phenoxy) is 1. The van der Waals surface area contributed by atoms with E-state index in [0.717, 1.165) is 34.4 Å². The maximum Gasteiger partial charge on any atom is 0.204 e. The molecule has 3 aromatic carbocycles. The Kier molecular flexibility index (Phi) is 6.51. The summed E-state index contributed by atoms with van der Waals surface area (Å²) in [5.74, 6) is 1.50. The van der Waals surface area contributed by atoms with Crippen molar-refractivity contribution < 1.29 is 4.74 Å². The third-order valence-corrected chi connectivity index (χ3v) is 5.59. The van der Waals surface area contributed by atoms with Gasteiger partial charge in [-0.2, -0.15) is 0 Å². The van der Waals surface area contributed by atoms with Gasteiger partial charge in [-0.1, -0.05) is 54.1 Å². The summed E-state index contributed by atoms with van der Waals surface area (Å²) in [6.45, 7) is 1.30. The quantitative estimate of drug-likeness (QED) is 0.332. The van der Waals surface area contributed by atoms with E-state index in [4.69, 9.17) is 33.7 Å². The number of methoxy groups -OCH3 is 1. The molecule has 0 aliphatic rings. The molecule has 0 spiro atoms. The molecule has 0 atom stereocenters. The Labute approximate surface area is 192 Å². The largest absolute Gasteiger partial charge is 0.496 e. The summed E-state index contributed by atoms with van der Waals surface area (Å²) < 4.78 is 10.0. The molecule has 0 unspecified atom stereocenters. The van der Waals surface area contributed by atoms with Crippen molar-refractivity contribution in [1.29, 1.82) is 0 Å². The maximum absolute atomic E-state index is 6.01. The number of hydrogen-bond donors (Lipinski definition) is 0. The highest BCUT2D eigenvalue weighted by molar-refractivity contribution is 7.71. The van der Waals surface area contributed by atoms with Crippen LogP contribution in [0.3, 0.4) is 0 Å². The van der Waals surface area contributed by atoms with Crippen molar-refractivity contribution in [2.45, 2.75) is 13.2 Å². The fraction of sp³-hybridized carbons (Fsp3) is 0.167. The first-order valence-corrected chi connectivity index (χ1v) is 10.7. The van der Waals surface area contributed by atoms with Crippen LogP contribution in [0.1, 0.15) is 5.56 Å². The number of benzene rings is 3. The first kappa shape index (κ1) is 21.3. The van der Waals surface area contributed by atoms with Crippen molar-refractivity contribution >= 4 is 23.8 Å². The van der Waals surface area contributed by atoms with Crippen LogP contribution in [0.25, 0.3) is 17.1 Å². The molecule has 0 N–H and O–H groups in total. The van der Waals surface area contributed by atoms with Gasteiger partial charge in [0.25, 0.3) is 0 Å². The van der Waals surface area contributed by atoms with Gasteiger partial charge in [0.05, 0.1) is 19.3 Å². The van der Waals surface area contributed by atoms with Crippen LogP contribution >= 0.6 is 23.8 Å². The van der Waals surface area contributed by atoms with Crippen LogP contribution in [0.2, 0.25) is 5.02 Å². The van der Waals surface area contributed by atoms with Gasteiger partial charge in [0, 0.05) is 17.3 Å². The molecule has 0 aliphatic heterocycles. The fourth-order valence-corrected chi connectivity index (χ4v) is 3.91. The van der Waals surface area contributed by atoms with Gasteiger partial charge in [0.2, 0.25) is 4.77 Å². The lowest BCUT2D eigenvalue weighted by Gasteiger charge is -2.16. The fourth-order valence-electron chi connectivity index (χ4n) is 3.49. The van der Waals surface area contributed by atoms with E-state index >= 15 is 0 Å². The van der Waals surface area contributed by atoms with Gasteiger partial charge in [-0.25, -0.2) is 4.68 Å². The van der Waals surface area contributed by atoms with E-state index < -0.39 is 0 Å².